The van der Waals surface area contributed by atoms with Crippen molar-refractivity contribution in [3.05, 3.63) is 24.3 Å². The van der Waals surface area contributed by atoms with Crippen molar-refractivity contribution in [1.29, 1.82) is 0 Å². The van der Waals surface area contributed by atoms with Gasteiger partial charge in [-0.3, -0.25) is 13.8 Å². The molecule has 0 aromatic rings. The molecule has 0 fully saturated rings. The molecule has 0 aliphatic heterocycles. The number of nitrogens with one attached hydrogen (secondary N) is 1. The first-order chi connectivity index (χ1) is 28.4. The fourth-order valence-corrected chi connectivity index (χ4v) is 8.26. The van der Waals surface area contributed by atoms with Crippen LogP contribution >= 0.6 is 7.82 Å². The fraction of sp³-hybridized carbons (Fsp3) is 0.898. The monoisotopic (exact) mass is 841 g/mol. The van der Waals surface area contributed by atoms with E-state index in [-0.39, 0.29) is 25.7 Å². The first-order valence-corrected chi connectivity index (χ1v) is 26.5. The number of unbranched alkanes of at least 4 members (excludes halogenated alkanes) is 33. The SMILES string of the molecule is CCCCCCCCCCCCC/C=C/CC/C=C/C(O)C(COP(=O)(O)OCCN)NC(=O)CCCCCCCCCCCCCCCCCCCCCCCC. The molecular formula is C49H97N2O6P. The van der Waals surface area contributed by atoms with E-state index in [9.17, 15) is 19.4 Å². The molecule has 344 valence electrons. The lowest BCUT2D eigenvalue weighted by Crippen LogP contribution is -2.45. The van der Waals surface area contributed by atoms with Crippen LogP contribution in [-0.4, -0.2) is 47.8 Å². The highest BCUT2D eigenvalue weighted by Gasteiger charge is 2.26. The van der Waals surface area contributed by atoms with Crippen molar-refractivity contribution < 1.29 is 28.4 Å². The molecule has 0 heterocycles. The largest absolute Gasteiger partial charge is 0.472 e. The Hall–Kier alpha value is -1.02. The summed E-state index contributed by atoms with van der Waals surface area (Å²) in [6.07, 6.45) is 53.9. The van der Waals surface area contributed by atoms with E-state index < -0.39 is 20.0 Å². The van der Waals surface area contributed by atoms with Gasteiger partial charge in [-0.2, -0.15) is 0 Å². The molecule has 1 amide bonds. The Balaban J connectivity index is 4.10. The van der Waals surface area contributed by atoms with Gasteiger partial charge in [-0.15, -0.1) is 0 Å². The van der Waals surface area contributed by atoms with Crippen LogP contribution in [0.5, 0.6) is 0 Å². The molecule has 3 atom stereocenters. The average Bonchev–Trinajstić information content (AvgIpc) is 3.21. The van der Waals surface area contributed by atoms with Gasteiger partial charge < -0.3 is 21.1 Å². The van der Waals surface area contributed by atoms with E-state index in [2.05, 4.69) is 31.3 Å². The Morgan fingerprint density at radius 1 is 0.552 bits per heavy atom. The number of hydrogen-bond acceptors (Lipinski definition) is 6. The molecule has 9 heteroatoms. The molecule has 0 saturated heterocycles. The van der Waals surface area contributed by atoms with Gasteiger partial charge in [0.2, 0.25) is 5.91 Å². The maximum absolute atomic E-state index is 12.8. The van der Waals surface area contributed by atoms with Gasteiger partial charge in [0.15, 0.2) is 0 Å². The van der Waals surface area contributed by atoms with Crippen LogP contribution in [0.2, 0.25) is 0 Å². The van der Waals surface area contributed by atoms with Crippen LogP contribution in [0.1, 0.15) is 251 Å². The maximum Gasteiger partial charge on any atom is 0.472 e. The number of phosphoric ester groups is 1. The molecule has 0 aliphatic carbocycles. The first-order valence-electron chi connectivity index (χ1n) is 25.0. The zero-order valence-corrected chi connectivity index (χ0v) is 39.2. The van der Waals surface area contributed by atoms with Gasteiger partial charge in [-0.05, 0) is 32.1 Å². The number of amides is 1. The molecule has 0 aromatic carbocycles. The van der Waals surface area contributed by atoms with Crippen LogP contribution in [0.3, 0.4) is 0 Å². The van der Waals surface area contributed by atoms with Gasteiger partial charge in [0.1, 0.15) is 0 Å². The minimum atomic E-state index is -4.35. The van der Waals surface area contributed by atoms with Gasteiger partial charge in [0.25, 0.3) is 0 Å². The quantitative estimate of drug-likeness (QED) is 0.0273. The van der Waals surface area contributed by atoms with Gasteiger partial charge in [0, 0.05) is 13.0 Å². The van der Waals surface area contributed by atoms with Crippen LogP contribution in [0.25, 0.3) is 0 Å². The Kier molecular flexibility index (Phi) is 44.7. The number of aliphatic hydroxyl groups excluding tert-OH is 1. The Morgan fingerprint density at radius 2 is 0.914 bits per heavy atom. The second kappa shape index (κ2) is 45.5. The second-order valence-electron chi connectivity index (χ2n) is 17.0. The molecule has 0 spiro atoms. The average molecular weight is 841 g/mol. The summed E-state index contributed by atoms with van der Waals surface area (Å²) in [5.41, 5.74) is 5.39. The summed E-state index contributed by atoms with van der Waals surface area (Å²) in [7, 11) is -4.35. The van der Waals surface area contributed by atoms with E-state index in [0.29, 0.717) is 6.42 Å². The summed E-state index contributed by atoms with van der Waals surface area (Å²) in [5.74, 6) is -0.199. The standard InChI is InChI=1S/C49H97N2O6P/c1-3-5-7-9-11-13-15-17-19-21-22-23-24-25-27-29-31-33-35-37-39-41-43-49(53)51-47(46-57-58(54,55)56-45-44-50)48(52)42-40-38-36-34-32-30-28-26-20-18-16-14-12-10-8-6-4-2/h32,34,40,42,47-48,52H,3-31,33,35-39,41,43-46,50H2,1-2H3,(H,51,53)(H,54,55)/b34-32+,42-40+. The minimum Gasteiger partial charge on any atom is -0.387 e. The third-order valence-corrected chi connectivity index (χ3v) is 12.3. The summed E-state index contributed by atoms with van der Waals surface area (Å²) in [6, 6.07) is -0.873. The van der Waals surface area contributed by atoms with Crippen molar-refractivity contribution in [3.8, 4) is 0 Å². The lowest BCUT2D eigenvalue weighted by atomic mass is 10.0. The van der Waals surface area contributed by atoms with Gasteiger partial charge in [-0.1, -0.05) is 237 Å². The summed E-state index contributed by atoms with van der Waals surface area (Å²) in [6.45, 7) is 4.15. The number of phosphoric acid groups is 1. The van der Waals surface area contributed by atoms with E-state index in [1.165, 1.54) is 193 Å². The van der Waals surface area contributed by atoms with Crippen molar-refractivity contribution >= 4 is 13.7 Å². The molecule has 0 rings (SSSR count). The van der Waals surface area contributed by atoms with Crippen LogP contribution < -0.4 is 11.1 Å². The lowest BCUT2D eigenvalue weighted by Gasteiger charge is -2.23. The Morgan fingerprint density at radius 3 is 1.33 bits per heavy atom. The molecule has 0 bridgehead atoms. The molecule has 0 saturated carbocycles. The molecule has 0 aromatic heterocycles. The van der Waals surface area contributed by atoms with Crippen LogP contribution in [0.4, 0.5) is 0 Å². The van der Waals surface area contributed by atoms with Gasteiger partial charge >= 0.3 is 7.82 Å². The van der Waals surface area contributed by atoms with E-state index >= 15 is 0 Å². The van der Waals surface area contributed by atoms with Crippen LogP contribution in [0, 0.1) is 0 Å². The number of hydrogen-bond donors (Lipinski definition) is 4. The van der Waals surface area contributed by atoms with Gasteiger partial charge in [0.05, 0.1) is 25.4 Å². The number of carbonyl (C=O) groups is 1. The number of rotatable bonds is 47. The molecular weight excluding hydrogens is 744 g/mol. The molecule has 58 heavy (non-hydrogen) atoms. The van der Waals surface area contributed by atoms with Crippen LogP contribution in [-0.2, 0) is 18.4 Å². The van der Waals surface area contributed by atoms with Crippen molar-refractivity contribution in [2.75, 3.05) is 19.8 Å². The van der Waals surface area contributed by atoms with E-state index in [0.717, 1.165) is 38.5 Å². The number of nitrogens with two attached hydrogens (primary N) is 1. The predicted octanol–water partition coefficient (Wildman–Crippen LogP) is 14.5. The zero-order valence-electron chi connectivity index (χ0n) is 38.3. The highest BCUT2D eigenvalue weighted by molar-refractivity contribution is 7.47. The van der Waals surface area contributed by atoms with Gasteiger partial charge in [-0.25, -0.2) is 4.57 Å². The van der Waals surface area contributed by atoms with Crippen LogP contribution in [0.15, 0.2) is 24.3 Å². The lowest BCUT2D eigenvalue weighted by molar-refractivity contribution is -0.123. The minimum absolute atomic E-state index is 0.0761. The van der Waals surface area contributed by atoms with Crippen molar-refractivity contribution in [3.63, 3.8) is 0 Å². The summed E-state index contributed by atoms with van der Waals surface area (Å²) < 4.78 is 22.2. The maximum atomic E-state index is 12.8. The first kappa shape index (κ1) is 57.0. The summed E-state index contributed by atoms with van der Waals surface area (Å²) >= 11 is 0. The Labute approximate surface area is 359 Å². The molecule has 5 N–H and O–H groups in total. The second-order valence-corrected chi connectivity index (χ2v) is 18.5. The number of aliphatic hydroxyl groups is 1. The smallest absolute Gasteiger partial charge is 0.387 e. The zero-order chi connectivity index (χ0) is 42.5. The number of carbonyl (C=O) groups excluding carboxylic acids is 1. The summed E-state index contributed by atoms with van der Waals surface area (Å²) in [4.78, 5) is 22.8. The highest BCUT2D eigenvalue weighted by Crippen LogP contribution is 2.43. The molecule has 8 nitrogen and oxygen atoms in total. The van der Waals surface area contributed by atoms with Crippen molar-refractivity contribution in [2.45, 2.75) is 264 Å². The van der Waals surface area contributed by atoms with Crippen molar-refractivity contribution in [2.24, 2.45) is 5.73 Å². The number of allylic oxidation sites excluding steroid dienone is 3. The molecule has 3 unspecified atom stereocenters. The topological polar surface area (TPSA) is 131 Å². The van der Waals surface area contributed by atoms with Crippen molar-refractivity contribution in [1.82, 2.24) is 5.32 Å². The van der Waals surface area contributed by atoms with E-state index in [1.54, 1.807) is 6.08 Å². The Bertz CT molecular complexity index is 963. The molecule has 0 aliphatic rings. The third-order valence-electron chi connectivity index (χ3n) is 11.3. The third kappa shape index (κ3) is 43.1. The van der Waals surface area contributed by atoms with E-state index in [1.807, 2.05) is 6.08 Å². The predicted molar refractivity (Wildman–Crippen MR) is 249 cm³/mol. The van der Waals surface area contributed by atoms with E-state index in [4.69, 9.17) is 14.8 Å². The summed E-state index contributed by atoms with van der Waals surface area (Å²) in [5, 5.41) is 13.7. The highest BCUT2D eigenvalue weighted by atomic mass is 31.2. The fourth-order valence-electron chi connectivity index (χ4n) is 7.50. The molecule has 0 radical (unpaired) electrons. The normalized spacial score (nSPS) is 14.1.